The predicted octanol–water partition coefficient (Wildman–Crippen LogP) is 5.21. The summed E-state index contributed by atoms with van der Waals surface area (Å²) >= 11 is 0. The molecular weight excluding hydrogens is 1050 g/mol. The van der Waals surface area contributed by atoms with Gasteiger partial charge < -0.3 is 50.8 Å². The second-order valence-corrected chi connectivity index (χ2v) is 24.1. The third kappa shape index (κ3) is 11.0. The second-order valence-electron chi connectivity index (χ2n) is 24.1. The van der Waals surface area contributed by atoms with Gasteiger partial charge in [0.25, 0.3) is 0 Å². The van der Waals surface area contributed by atoms with E-state index in [9.17, 15) is 48.9 Å². The second kappa shape index (κ2) is 22.6. The van der Waals surface area contributed by atoms with E-state index in [1.165, 1.54) is 11.9 Å². The summed E-state index contributed by atoms with van der Waals surface area (Å²) in [5, 5.41) is 57.6. The predicted molar refractivity (Wildman–Crippen MR) is 292 cm³/mol. The third-order valence-corrected chi connectivity index (χ3v) is 19.0. The Balaban J connectivity index is 0.595. The topological polar surface area (TPSA) is 308 Å². The average molecular weight is 1120 g/mol. The molecule has 1 spiro atoms. The summed E-state index contributed by atoms with van der Waals surface area (Å²) in [5.41, 5.74) is 2.93. The van der Waals surface area contributed by atoms with Gasteiger partial charge in [0.2, 0.25) is 23.5 Å². The van der Waals surface area contributed by atoms with E-state index in [1.807, 2.05) is 25.1 Å². The Bertz CT molecular complexity index is 3180. The van der Waals surface area contributed by atoms with Gasteiger partial charge in [0.05, 0.1) is 25.2 Å². The first kappa shape index (κ1) is 56.3. The van der Waals surface area contributed by atoms with E-state index in [-0.39, 0.29) is 54.4 Å². The molecule has 1 aromatic heterocycles. The van der Waals surface area contributed by atoms with Gasteiger partial charge in [-0.05, 0) is 128 Å². The summed E-state index contributed by atoms with van der Waals surface area (Å²) in [6.07, 6.45) is 10.4. The zero-order valence-corrected chi connectivity index (χ0v) is 45.8. The molecule has 4 amide bonds. The minimum absolute atomic E-state index is 0.00661. The molecule has 11 rings (SSSR count). The van der Waals surface area contributed by atoms with Crippen LogP contribution >= 0.6 is 0 Å². The van der Waals surface area contributed by atoms with Crippen molar-refractivity contribution in [3.8, 4) is 11.4 Å². The largest absolute Gasteiger partial charge is 0.481 e. The molecule has 7 aliphatic rings. The number of benzene rings is 3. The first-order valence-electron chi connectivity index (χ1n) is 28.2. The molecule has 5 saturated carbocycles. The number of carboxylic acid groups (broad SMARTS) is 1. The number of hydrogen-bond acceptors (Lipinski definition) is 16. The zero-order valence-electron chi connectivity index (χ0n) is 45.8. The van der Waals surface area contributed by atoms with Crippen molar-refractivity contribution >= 4 is 47.0 Å². The smallest absolute Gasteiger partial charge is 0.407 e. The van der Waals surface area contributed by atoms with Gasteiger partial charge in [-0.1, -0.05) is 86.2 Å². The number of hydrogen-bond donors (Lipinski definition) is 7. The van der Waals surface area contributed by atoms with Crippen molar-refractivity contribution in [2.24, 2.45) is 39.9 Å². The molecule has 1 aliphatic heterocycles. The number of Topliss-reactive ketones (excluding diaryl/α,β-unsaturated/α-hetero) is 1. The summed E-state index contributed by atoms with van der Waals surface area (Å²) in [6.45, 7) is 3.01. The van der Waals surface area contributed by atoms with Gasteiger partial charge in [-0.3, -0.25) is 28.8 Å². The number of aliphatic hydroxyl groups excluding tert-OH is 2. The number of nitrogens with one attached hydrogen (secondary N) is 4. The van der Waals surface area contributed by atoms with E-state index in [1.54, 1.807) is 60.7 Å². The van der Waals surface area contributed by atoms with Crippen molar-refractivity contribution < 1.29 is 63.1 Å². The maximum atomic E-state index is 14.0. The van der Waals surface area contributed by atoms with Crippen molar-refractivity contribution in [1.82, 2.24) is 36.3 Å². The molecule has 7 N–H and O–H groups in total. The number of ether oxygens (including phenoxy) is 3. The minimum atomic E-state index is -1.41. The number of anilines is 1. The fourth-order valence-corrected chi connectivity index (χ4v) is 15.3. The quantitative estimate of drug-likeness (QED) is 0.0634. The van der Waals surface area contributed by atoms with Gasteiger partial charge in [-0.2, -0.15) is 0 Å². The van der Waals surface area contributed by atoms with E-state index in [4.69, 9.17) is 14.2 Å². The number of alkyl carbamates (subject to hydrolysis) is 1. The number of rotatable bonds is 19. The first-order valence-corrected chi connectivity index (χ1v) is 28.2. The number of allylic oxidation sites excluding steroid dienone is 4. The van der Waals surface area contributed by atoms with Crippen LogP contribution in [0, 0.1) is 39.9 Å². The maximum absolute atomic E-state index is 14.0. The van der Waals surface area contributed by atoms with Crippen LogP contribution in [0.5, 0.6) is 0 Å². The molecule has 21 nitrogen and oxygen atoms in total. The standard InChI is InChI=1S/C61H68N8O13/c1-58-20-19-43(71)23-40(58)13-16-44-45-24-49-61(48(73)31-70,59(45,2)29-47(72)53(44)58)82-56(81-49)39-11-5-34(6-12-39)21-37-25-60(26-37)27-42(28-60)66-57(79)80-32-36-7-14-41(15-8-36)65-55(78)46(17-18-52(76)77)67-51(75)30-62-50(74)22-35-3-9-38(10-4-35)54-68-63-33-64-69-54/h3-12,14-15,19-20,23,33,37,42,44-47,49,53,56,70,72H,13,16-18,21-22,24-32H2,1-2H3,(H,62,74)(H,65,78)(H,66,79)(H,67,75)(H,76,77)/t37?,42?,44-,45-,46-,47-,49+,53+,56?,58-,59-,60?,61+/m0/s1. The van der Waals surface area contributed by atoms with E-state index >= 15 is 0 Å². The van der Waals surface area contributed by atoms with Gasteiger partial charge in [0.1, 0.15) is 19.3 Å². The Labute approximate surface area is 473 Å². The Morgan fingerprint density at radius 3 is 2.28 bits per heavy atom. The third-order valence-electron chi connectivity index (χ3n) is 19.0. The molecule has 0 radical (unpaired) electrons. The Morgan fingerprint density at radius 1 is 0.866 bits per heavy atom. The molecule has 3 aromatic carbocycles. The lowest BCUT2D eigenvalue weighted by atomic mass is 9.46. The number of aliphatic carboxylic acids is 1. The van der Waals surface area contributed by atoms with Crippen LogP contribution in [0.2, 0.25) is 0 Å². The van der Waals surface area contributed by atoms with Crippen molar-refractivity contribution in [2.45, 2.75) is 134 Å². The number of aromatic nitrogens is 4. The molecule has 1 unspecified atom stereocenters. The van der Waals surface area contributed by atoms with Gasteiger partial charge in [-0.25, -0.2) is 4.79 Å². The monoisotopic (exact) mass is 1120 g/mol. The van der Waals surface area contributed by atoms with Crippen molar-refractivity contribution in [1.29, 1.82) is 0 Å². The number of aliphatic hydroxyl groups is 2. The van der Waals surface area contributed by atoms with E-state index in [0.29, 0.717) is 47.0 Å². The van der Waals surface area contributed by atoms with Gasteiger partial charge >= 0.3 is 12.1 Å². The van der Waals surface area contributed by atoms with Crippen LogP contribution in [-0.2, 0) is 62.4 Å². The number of carbonyl (C=O) groups is 7. The first-order chi connectivity index (χ1) is 39.4. The summed E-state index contributed by atoms with van der Waals surface area (Å²) in [5.74, 6) is -2.57. The average Bonchev–Trinajstić information content (AvgIpc) is 1.65. The zero-order chi connectivity index (χ0) is 57.6. The number of fused-ring (bicyclic) bond motifs is 7. The van der Waals surface area contributed by atoms with Crippen LogP contribution in [0.25, 0.3) is 11.4 Å². The highest BCUT2D eigenvalue weighted by atomic mass is 16.7. The number of amides is 4. The molecular formula is C61H68N8O13. The fourth-order valence-electron chi connectivity index (χ4n) is 15.3. The SMILES string of the molecule is C[C@]12C=CC(=O)C=C1CC[C@@H]1[C@@H]2[C@@H](O)C[C@@]2(C)[C@H]1C[C@H]1OC(c3ccc(CC4CC5(C4)CC(NC(=O)OCc4ccc(NC(=O)[C@H](CCC(=O)O)NC(=O)CNC(=O)Cc6ccc(-c7nncnn7)cc6)cc4)C5)cc3)O[C@]12C(=O)CO. The molecule has 82 heavy (non-hydrogen) atoms. The molecule has 0 bridgehead atoms. The molecule has 6 aliphatic carbocycles. The van der Waals surface area contributed by atoms with E-state index in [2.05, 4.69) is 60.7 Å². The molecule has 6 fully saturated rings. The minimum Gasteiger partial charge on any atom is -0.481 e. The molecule has 2 heterocycles. The lowest BCUT2D eigenvalue weighted by Crippen LogP contribution is -2.63. The molecule has 1 saturated heterocycles. The highest BCUT2D eigenvalue weighted by Crippen LogP contribution is 2.70. The van der Waals surface area contributed by atoms with Gasteiger partial charge in [-0.15, -0.1) is 20.4 Å². The van der Waals surface area contributed by atoms with E-state index in [0.717, 1.165) is 56.1 Å². The summed E-state index contributed by atoms with van der Waals surface area (Å²) in [4.78, 5) is 89.2. The van der Waals surface area contributed by atoms with Crippen LogP contribution in [0.4, 0.5) is 10.5 Å². The Kier molecular flexibility index (Phi) is 15.5. The van der Waals surface area contributed by atoms with Crippen molar-refractivity contribution in [3.63, 3.8) is 0 Å². The molecule has 21 heteroatoms. The summed E-state index contributed by atoms with van der Waals surface area (Å²) in [6, 6.07) is 20.4. The number of carbonyl (C=O) groups excluding carboxylic acids is 6. The van der Waals surface area contributed by atoms with Crippen LogP contribution in [0.1, 0.15) is 107 Å². The van der Waals surface area contributed by atoms with Crippen LogP contribution in [0.15, 0.2) is 103 Å². The van der Waals surface area contributed by atoms with E-state index < -0.39 is 96.1 Å². The Morgan fingerprint density at radius 2 is 1.57 bits per heavy atom. The maximum Gasteiger partial charge on any atom is 0.407 e. The molecule has 4 aromatic rings. The van der Waals surface area contributed by atoms with Gasteiger partial charge in [0, 0.05) is 46.0 Å². The normalized spacial score (nSPS) is 31.3. The Hall–Kier alpha value is -7.59. The lowest BCUT2D eigenvalue weighted by molar-refractivity contribution is -0.201. The highest BCUT2D eigenvalue weighted by Gasteiger charge is 2.76. The van der Waals surface area contributed by atoms with Crippen molar-refractivity contribution in [2.75, 3.05) is 18.5 Å². The number of carboxylic acids is 1. The lowest BCUT2D eigenvalue weighted by Gasteiger charge is -2.59. The summed E-state index contributed by atoms with van der Waals surface area (Å²) in [7, 11) is 0. The number of ketones is 2. The number of nitrogens with zero attached hydrogens (tertiary/aromatic N) is 4. The molecule has 430 valence electrons. The molecule has 10 atom stereocenters. The van der Waals surface area contributed by atoms with Crippen LogP contribution in [-0.4, -0.2) is 120 Å². The van der Waals surface area contributed by atoms with Crippen molar-refractivity contribution in [3.05, 3.63) is 125 Å². The fraction of sp³-hybridized carbons (Fsp3) is 0.492. The van der Waals surface area contributed by atoms with Crippen LogP contribution in [0.3, 0.4) is 0 Å². The summed E-state index contributed by atoms with van der Waals surface area (Å²) < 4.78 is 19.0. The van der Waals surface area contributed by atoms with Gasteiger partial charge in [0.15, 0.2) is 29.8 Å². The van der Waals surface area contributed by atoms with Crippen LogP contribution < -0.4 is 21.3 Å². The highest BCUT2D eigenvalue weighted by molar-refractivity contribution is 6.01.